The van der Waals surface area contributed by atoms with Crippen LogP contribution in [0.15, 0.2) is 0 Å². The fraction of sp³-hybridized carbons (Fsp3) is 0.900. The fourth-order valence-corrected chi connectivity index (χ4v) is 1.94. The highest BCUT2D eigenvalue weighted by molar-refractivity contribution is 8.13. The van der Waals surface area contributed by atoms with E-state index in [1.54, 1.807) is 6.92 Å². The van der Waals surface area contributed by atoms with Crippen molar-refractivity contribution in [1.82, 2.24) is 0 Å². The first-order chi connectivity index (χ1) is 6.63. The number of aliphatic hydroxyl groups excluding tert-OH is 1. The van der Waals surface area contributed by atoms with Crippen LogP contribution in [0.3, 0.4) is 0 Å². The molecular weight excluding hydrogens is 200 g/mol. The van der Waals surface area contributed by atoms with E-state index in [4.69, 9.17) is 4.74 Å². The van der Waals surface area contributed by atoms with Crippen molar-refractivity contribution in [1.29, 1.82) is 0 Å². The van der Waals surface area contributed by atoms with Crippen LogP contribution < -0.4 is 0 Å². The number of hydrogen-bond acceptors (Lipinski definition) is 4. The van der Waals surface area contributed by atoms with E-state index in [9.17, 15) is 9.90 Å². The Morgan fingerprint density at radius 1 is 1.50 bits per heavy atom. The zero-order chi connectivity index (χ0) is 11.0. The normalized spacial score (nSPS) is 15.1. The van der Waals surface area contributed by atoms with Crippen LogP contribution in [0.1, 0.15) is 33.6 Å². The molecule has 2 atom stereocenters. The van der Waals surface area contributed by atoms with Crippen molar-refractivity contribution in [2.75, 3.05) is 12.4 Å². The van der Waals surface area contributed by atoms with Crippen molar-refractivity contribution in [3.05, 3.63) is 0 Å². The molecule has 0 amide bonds. The number of hydrogen-bond donors (Lipinski definition) is 1. The van der Waals surface area contributed by atoms with Gasteiger partial charge in [0.2, 0.25) is 5.12 Å². The molecule has 4 heteroatoms. The third-order valence-corrected chi connectivity index (χ3v) is 2.88. The molecule has 0 rings (SSSR count). The summed E-state index contributed by atoms with van der Waals surface area (Å²) in [4.78, 5) is 11.4. The third-order valence-electron chi connectivity index (χ3n) is 1.86. The second kappa shape index (κ2) is 8.26. The Balaban J connectivity index is 3.74. The first kappa shape index (κ1) is 13.9. The van der Waals surface area contributed by atoms with Crippen LogP contribution in [0, 0.1) is 0 Å². The Kier molecular flexibility index (Phi) is 8.23. The van der Waals surface area contributed by atoms with E-state index in [1.807, 2.05) is 6.92 Å². The summed E-state index contributed by atoms with van der Waals surface area (Å²) in [7, 11) is 0. The van der Waals surface area contributed by atoms with Crippen molar-refractivity contribution in [2.45, 2.75) is 45.8 Å². The lowest BCUT2D eigenvalue weighted by Gasteiger charge is -2.16. The topological polar surface area (TPSA) is 46.5 Å². The van der Waals surface area contributed by atoms with Gasteiger partial charge in [0.25, 0.3) is 0 Å². The van der Waals surface area contributed by atoms with Crippen LogP contribution in [-0.2, 0) is 9.53 Å². The summed E-state index contributed by atoms with van der Waals surface area (Å²) in [6.45, 7) is 6.15. The molecule has 0 aromatic heterocycles. The summed E-state index contributed by atoms with van der Waals surface area (Å²) in [6.07, 6.45) is 0.683. The SMILES string of the molecule is CCCCSC(=O)[C@@H](O)C(C)OCC. The van der Waals surface area contributed by atoms with Gasteiger partial charge in [-0.15, -0.1) is 0 Å². The van der Waals surface area contributed by atoms with Gasteiger partial charge in [0, 0.05) is 12.4 Å². The Hall–Kier alpha value is -0.0600. The van der Waals surface area contributed by atoms with Gasteiger partial charge in [0.15, 0.2) is 0 Å². The minimum absolute atomic E-state index is 0.181. The maximum absolute atomic E-state index is 11.4. The Labute approximate surface area is 90.2 Å². The molecule has 84 valence electrons. The Bertz CT molecular complexity index is 161. The fourth-order valence-electron chi connectivity index (χ4n) is 0.948. The molecule has 0 radical (unpaired) electrons. The van der Waals surface area contributed by atoms with E-state index in [0.717, 1.165) is 18.6 Å². The van der Waals surface area contributed by atoms with E-state index in [0.29, 0.717) is 6.61 Å². The number of thioether (sulfide) groups is 1. The number of rotatable bonds is 7. The lowest BCUT2D eigenvalue weighted by atomic mass is 10.2. The largest absolute Gasteiger partial charge is 0.382 e. The van der Waals surface area contributed by atoms with Crippen LogP contribution in [0.5, 0.6) is 0 Å². The molecule has 14 heavy (non-hydrogen) atoms. The van der Waals surface area contributed by atoms with Gasteiger partial charge in [-0.1, -0.05) is 25.1 Å². The van der Waals surface area contributed by atoms with Crippen molar-refractivity contribution in [2.24, 2.45) is 0 Å². The monoisotopic (exact) mass is 220 g/mol. The molecule has 1 unspecified atom stereocenters. The molecule has 0 heterocycles. The molecular formula is C10H20O3S. The minimum atomic E-state index is -0.989. The second-order valence-corrected chi connectivity index (χ2v) is 4.23. The van der Waals surface area contributed by atoms with Gasteiger partial charge in [-0.3, -0.25) is 4.79 Å². The van der Waals surface area contributed by atoms with Crippen molar-refractivity contribution < 1.29 is 14.6 Å². The van der Waals surface area contributed by atoms with Gasteiger partial charge in [-0.05, 0) is 20.3 Å². The van der Waals surface area contributed by atoms with Crippen LogP contribution in [0.4, 0.5) is 0 Å². The predicted octanol–water partition coefficient (Wildman–Crippen LogP) is 1.83. The molecule has 0 fully saturated rings. The van der Waals surface area contributed by atoms with Crippen molar-refractivity contribution in [3.63, 3.8) is 0 Å². The molecule has 0 aliphatic heterocycles. The minimum Gasteiger partial charge on any atom is -0.382 e. The van der Waals surface area contributed by atoms with Crippen molar-refractivity contribution in [3.8, 4) is 0 Å². The molecule has 1 N–H and O–H groups in total. The van der Waals surface area contributed by atoms with Crippen LogP contribution in [0.25, 0.3) is 0 Å². The van der Waals surface area contributed by atoms with E-state index < -0.39 is 12.2 Å². The van der Waals surface area contributed by atoms with Crippen LogP contribution in [0.2, 0.25) is 0 Å². The van der Waals surface area contributed by atoms with Gasteiger partial charge >= 0.3 is 0 Å². The molecule has 0 spiro atoms. The Morgan fingerprint density at radius 3 is 2.64 bits per heavy atom. The summed E-state index contributed by atoms with van der Waals surface area (Å²) in [5.74, 6) is 0.783. The first-order valence-corrected chi connectivity index (χ1v) is 6.08. The van der Waals surface area contributed by atoms with E-state index >= 15 is 0 Å². The molecule has 0 aliphatic carbocycles. The summed E-state index contributed by atoms with van der Waals surface area (Å²) in [6, 6.07) is 0. The van der Waals surface area contributed by atoms with E-state index in [2.05, 4.69) is 6.92 Å². The molecule has 0 bridgehead atoms. The summed E-state index contributed by atoms with van der Waals surface area (Å²) < 4.78 is 5.15. The lowest BCUT2D eigenvalue weighted by molar-refractivity contribution is -0.125. The van der Waals surface area contributed by atoms with Crippen molar-refractivity contribution >= 4 is 16.9 Å². The third kappa shape index (κ3) is 5.62. The first-order valence-electron chi connectivity index (χ1n) is 5.09. The highest BCUT2D eigenvalue weighted by Gasteiger charge is 2.22. The molecule has 0 saturated heterocycles. The molecule has 0 aliphatic rings. The standard InChI is InChI=1S/C10H20O3S/c1-4-6-7-14-10(12)9(11)8(3)13-5-2/h8-9,11H,4-7H2,1-3H3/t8?,9-/m0/s1. The molecule has 3 nitrogen and oxygen atoms in total. The molecule has 0 aromatic carbocycles. The zero-order valence-electron chi connectivity index (χ0n) is 9.16. The van der Waals surface area contributed by atoms with Gasteiger partial charge in [-0.25, -0.2) is 0 Å². The zero-order valence-corrected chi connectivity index (χ0v) is 9.97. The van der Waals surface area contributed by atoms with Gasteiger partial charge < -0.3 is 9.84 Å². The number of carbonyl (C=O) groups excluding carboxylic acids is 1. The number of ether oxygens (including phenoxy) is 1. The van der Waals surface area contributed by atoms with Gasteiger partial charge in [0.1, 0.15) is 6.10 Å². The average molecular weight is 220 g/mol. The van der Waals surface area contributed by atoms with Crippen LogP contribution in [-0.4, -0.2) is 34.8 Å². The summed E-state index contributed by atoms with van der Waals surface area (Å²) in [5.41, 5.74) is 0. The predicted molar refractivity (Wildman–Crippen MR) is 59.5 cm³/mol. The Morgan fingerprint density at radius 2 is 2.14 bits per heavy atom. The smallest absolute Gasteiger partial charge is 0.220 e. The quantitative estimate of drug-likeness (QED) is 0.665. The highest BCUT2D eigenvalue weighted by atomic mass is 32.2. The number of unbranched alkanes of at least 4 members (excludes halogenated alkanes) is 1. The number of aliphatic hydroxyl groups is 1. The van der Waals surface area contributed by atoms with E-state index in [-0.39, 0.29) is 5.12 Å². The number of carbonyl (C=O) groups is 1. The molecule has 0 saturated carbocycles. The summed E-state index contributed by atoms with van der Waals surface area (Å²) in [5, 5.41) is 9.34. The maximum Gasteiger partial charge on any atom is 0.220 e. The average Bonchev–Trinajstić information content (AvgIpc) is 2.17. The van der Waals surface area contributed by atoms with E-state index in [1.165, 1.54) is 11.8 Å². The van der Waals surface area contributed by atoms with Gasteiger partial charge in [-0.2, -0.15) is 0 Å². The molecule has 0 aromatic rings. The highest BCUT2D eigenvalue weighted by Crippen LogP contribution is 2.12. The lowest BCUT2D eigenvalue weighted by Crippen LogP contribution is -2.32. The van der Waals surface area contributed by atoms with Crippen LogP contribution >= 0.6 is 11.8 Å². The maximum atomic E-state index is 11.4. The van der Waals surface area contributed by atoms with Gasteiger partial charge in [0.05, 0.1) is 6.10 Å². The summed E-state index contributed by atoms with van der Waals surface area (Å²) >= 11 is 1.19. The second-order valence-electron chi connectivity index (χ2n) is 3.13.